The zero-order chi connectivity index (χ0) is 13.5. The molecule has 0 amide bonds. The Bertz CT molecular complexity index is 512. The predicted molar refractivity (Wildman–Crippen MR) is 79.0 cm³/mol. The van der Waals surface area contributed by atoms with Crippen LogP contribution in [0.2, 0.25) is 0 Å². The second-order valence-electron chi connectivity index (χ2n) is 4.87. The van der Waals surface area contributed by atoms with E-state index in [-0.39, 0.29) is 0 Å². The van der Waals surface area contributed by atoms with Crippen LogP contribution in [0.25, 0.3) is 11.0 Å². The van der Waals surface area contributed by atoms with Gasteiger partial charge in [-0.3, -0.25) is 9.97 Å². The molecule has 19 heavy (non-hydrogen) atoms. The van der Waals surface area contributed by atoms with E-state index in [4.69, 9.17) is 0 Å². The van der Waals surface area contributed by atoms with Crippen LogP contribution in [0.15, 0.2) is 30.6 Å². The summed E-state index contributed by atoms with van der Waals surface area (Å²) in [5.41, 5.74) is 3.21. The number of likely N-dealkylation sites (N-methyl/N-ethyl adjacent to an activating group) is 1. The summed E-state index contributed by atoms with van der Waals surface area (Å²) in [6.45, 7) is 6.32. The Hall–Kier alpha value is -1.52. The van der Waals surface area contributed by atoms with E-state index in [0.717, 1.165) is 37.2 Å². The van der Waals surface area contributed by atoms with Crippen LogP contribution in [0.5, 0.6) is 0 Å². The molecule has 0 saturated carbocycles. The van der Waals surface area contributed by atoms with E-state index in [1.807, 2.05) is 6.07 Å². The lowest BCUT2D eigenvalue weighted by Crippen LogP contribution is -2.29. The van der Waals surface area contributed by atoms with Crippen LogP contribution in [-0.4, -0.2) is 41.5 Å². The normalized spacial score (nSPS) is 11.3. The van der Waals surface area contributed by atoms with Gasteiger partial charge in [0.15, 0.2) is 0 Å². The minimum absolute atomic E-state index is 0.945. The Morgan fingerprint density at radius 3 is 2.68 bits per heavy atom. The third-order valence-electron chi connectivity index (χ3n) is 3.08. The summed E-state index contributed by atoms with van der Waals surface area (Å²) in [7, 11) is 2.15. The van der Waals surface area contributed by atoms with Gasteiger partial charge in [-0.05, 0) is 37.7 Å². The fourth-order valence-electron chi connectivity index (χ4n) is 2.07. The molecule has 0 aliphatic carbocycles. The first-order valence-electron chi connectivity index (χ1n) is 6.88. The molecule has 2 aromatic rings. The van der Waals surface area contributed by atoms with Crippen molar-refractivity contribution in [2.75, 3.05) is 26.7 Å². The smallest absolute Gasteiger partial charge is 0.0890 e. The molecular formula is C15H22N4. The first-order valence-corrected chi connectivity index (χ1v) is 6.88. The zero-order valence-electron chi connectivity index (χ0n) is 11.8. The fraction of sp³-hybridized carbons (Fsp3) is 0.467. The fourth-order valence-corrected chi connectivity index (χ4v) is 2.07. The van der Waals surface area contributed by atoms with E-state index in [9.17, 15) is 0 Å². The highest BCUT2D eigenvalue weighted by Gasteiger charge is 2.02. The number of aromatic nitrogens is 2. The summed E-state index contributed by atoms with van der Waals surface area (Å²) in [6, 6.07) is 6.30. The van der Waals surface area contributed by atoms with Gasteiger partial charge in [-0.15, -0.1) is 0 Å². The van der Waals surface area contributed by atoms with Crippen LogP contribution >= 0.6 is 0 Å². The molecule has 0 spiro atoms. The molecular weight excluding hydrogens is 236 g/mol. The topological polar surface area (TPSA) is 41.0 Å². The van der Waals surface area contributed by atoms with Crippen LogP contribution in [0, 0.1) is 0 Å². The van der Waals surface area contributed by atoms with Gasteiger partial charge in [0.25, 0.3) is 0 Å². The van der Waals surface area contributed by atoms with Gasteiger partial charge in [0.05, 0.1) is 11.0 Å². The highest BCUT2D eigenvalue weighted by Crippen LogP contribution is 2.12. The Morgan fingerprint density at radius 1 is 1.11 bits per heavy atom. The average Bonchev–Trinajstić information content (AvgIpc) is 2.43. The van der Waals surface area contributed by atoms with Gasteiger partial charge >= 0.3 is 0 Å². The van der Waals surface area contributed by atoms with E-state index in [1.165, 1.54) is 12.0 Å². The Balaban J connectivity index is 1.89. The molecule has 0 radical (unpaired) electrons. The molecule has 102 valence electrons. The van der Waals surface area contributed by atoms with Crippen molar-refractivity contribution < 1.29 is 0 Å². The summed E-state index contributed by atoms with van der Waals surface area (Å²) in [5, 5.41) is 3.42. The van der Waals surface area contributed by atoms with E-state index in [0.29, 0.717) is 0 Å². The second kappa shape index (κ2) is 7.16. The molecule has 0 aliphatic heterocycles. The van der Waals surface area contributed by atoms with Crippen molar-refractivity contribution in [1.82, 2.24) is 20.2 Å². The average molecular weight is 258 g/mol. The molecule has 4 nitrogen and oxygen atoms in total. The van der Waals surface area contributed by atoms with Crippen LogP contribution in [0.4, 0.5) is 0 Å². The zero-order valence-corrected chi connectivity index (χ0v) is 11.8. The Kier molecular flexibility index (Phi) is 5.24. The summed E-state index contributed by atoms with van der Waals surface area (Å²) < 4.78 is 0. The van der Waals surface area contributed by atoms with E-state index in [1.54, 1.807) is 12.4 Å². The number of fused-ring (bicyclic) bond motifs is 1. The summed E-state index contributed by atoms with van der Waals surface area (Å²) in [4.78, 5) is 10.9. The lowest BCUT2D eigenvalue weighted by atomic mass is 10.2. The maximum Gasteiger partial charge on any atom is 0.0890 e. The number of hydrogen-bond acceptors (Lipinski definition) is 4. The van der Waals surface area contributed by atoms with Gasteiger partial charge in [0.2, 0.25) is 0 Å². The van der Waals surface area contributed by atoms with Crippen LogP contribution in [0.3, 0.4) is 0 Å². The third-order valence-corrected chi connectivity index (χ3v) is 3.08. The van der Waals surface area contributed by atoms with Gasteiger partial charge in [0, 0.05) is 32.0 Å². The Morgan fingerprint density at radius 2 is 1.89 bits per heavy atom. The maximum atomic E-state index is 4.34. The third kappa shape index (κ3) is 4.26. The van der Waals surface area contributed by atoms with E-state index >= 15 is 0 Å². The molecule has 0 aliphatic rings. The molecule has 4 heteroatoms. The molecule has 0 saturated heterocycles. The molecule has 0 fully saturated rings. The molecule has 0 unspecified atom stereocenters. The summed E-state index contributed by atoms with van der Waals surface area (Å²) in [6.07, 6.45) is 4.66. The van der Waals surface area contributed by atoms with Crippen molar-refractivity contribution in [3.63, 3.8) is 0 Å². The first-order chi connectivity index (χ1) is 9.29. The summed E-state index contributed by atoms with van der Waals surface area (Å²) in [5.74, 6) is 0. The molecule has 1 aromatic heterocycles. The highest BCUT2D eigenvalue weighted by atomic mass is 15.1. The van der Waals surface area contributed by atoms with Crippen LogP contribution < -0.4 is 5.32 Å². The Labute approximate surface area is 114 Å². The van der Waals surface area contributed by atoms with Crippen LogP contribution in [-0.2, 0) is 6.54 Å². The lowest BCUT2D eigenvalue weighted by molar-refractivity contribution is 0.325. The molecule has 1 aromatic carbocycles. The van der Waals surface area contributed by atoms with Crippen molar-refractivity contribution in [3.05, 3.63) is 36.2 Å². The molecule has 1 N–H and O–H groups in total. The van der Waals surface area contributed by atoms with Gasteiger partial charge in [-0.25, -0.2) is 0 Å². The number of benzene rings is 1. The quantitative estimate of drug-likeness (QED) is 0.772. The van der Waals surface area contributed by atoms with Crippen molar-refractivity contribution in [3.8, 4) is 0 Å². The maximum absolute atomic E-state index is 4.34. The predicted octanol–water partition coefficient (Wildman–Crippen LogP) is 2.06. The van der Waals surface area contributed by atoms with Crippen molar-refractivity contribution in [1.29, 1.82) is 0 Å². The van der Waals surface area contributed by atoms with Gasteiger partial charge in [-0.2, -0.15) is 0 Å². The monoisotopic (exact) mass is 258 g/mol. The number of nitrogens with one attached hydrogen (secondary N) is 1. The largest absolute Gasteiger partial charge is 0.315 e. The number of rotatable bonds is 7. The standard InChI is InChI=1S/C15H22N4/c1-3-6-16-9-10-19(2)12-13-4-5-14-15(11-13)18-8-7-17-14/h4-5,7-8,11,16H,3,6,9-10,12H2,1-2H3. The minimum atomic E-state index is 0.945. The number of hydrogen-bond donors (Lipinski definition) is 1. The molecule has 0 bridgehead atoms. The lowest BCUT2D eigenvalue weighted by Gasteiger charge is -2.17. The SMILES string of the molecule is CCCNCCN(C)Cc1ccc2nccnc2c1. The van der Waals surface area contributed by atoms with Crippen molar-refractivity contribution in [2.45, 2.75) is 19.9 Å². The highest BCUT2D eigenvalue weighted by molar-refractivity contribution is 5.74. The first kappa shape index (κ1) is 13.9. The molecule has 0 atom stereocenters. The van der Waals surface area contributed by atoms with E-state index in [2.05, 4.69) is 46.3 Å². The molecule has 2 rings (SSSR count). The van der Waals surface area contributed by atoms with Crippen molar-refractivity contribution in [2.24, 2.45) is 0 Å². The van der Waals surface area contributed by atoms with Gasteiger partial charge in [-0.1, -0.05) is 13.0 Å². The number of nitrogens with zero attached hydrogens (tertiary/aromatic N) is 3. The van der Waals surface area contributed by atoms with Crippen LogP contribution in [0.1, 0.15) is 18.9 Å². The van der Waals surface area contributed by atoms with Gasteiger partial charge in [0.1, 0.15) is 0 Å². The molecule has 1 heterocycles. The van der Waals surface area contributed by atoms with Crippen molar-refractivity contribution >= 4 is 11.0 Å². The van der Waals surface area contributed by atoms with Gasteiger partial charge < -0.3 is 10.2 Å². The van der Waals surface area contributed by atoms with E-state index < -0.39 is 0 Å². The minimum Gasteiger partial charge on any atom is -0.315 e. The summed E-state index contributed by atoms with van der Waals surface area (Å²) >= 11 is 0. The second-order valence-corrected chi connectivity index (χ2v) is 4.87.